The Morgan fingerprint density at radius 1 is 1.16 bits per heavy atom. The smallest absolute Gasteiger partial charge is 0.420 e. The number of fused-ring (bicyclic) bond motifs is 9. The lowest BCUT2D eigenvalue weighted by Gasteiger charge is -2.47. The molecular formula is C34H38N3O6SSi+. The largest absolute Gasteiger partial charge is 0.527 e. The molecule has 1 spiro atoms. The van der Waals surface area contributed by atoms with E-state index in [1.807, 2.05) is 31.5 Å². The molecule has 0 saturated carbocycles. The molecule has 5 heterocycles. The van der Waals surface area contributed by atoms with Crippen LogP contribution in [-0.2, 0) is 25.2 Å². The van der Waals surface area contributed by atoms with E-state index in [0.29, 0.717) is 34.8 Å². The van der Waals surface area contributed by atoms with Crippen molar-refractivity contribution < 1.29 is 28.9 Å². The van der Waals surface area contributed by atoms with Crippen molar-refractivity contribution in [2.45, 2.75) is 88.7 Å². The number of amides is 1. The number of benzene rings is 1. The van der Waals surface area contributed by atoms with E-state index in [2.05, 4.69) is 51.1 Å². The lowest BCUT2D eigenvalue weighted by Crippen LogP contribution is -2.56. The van der Waals surface area contributed by atoms with Gasteiger partial charge in [-0.05, 0) is 23.5 Å². The van der Waals surface area contributed by atoms with E-state index in [0.717, 1.165) is 38.5 Å². The van der Waals surface area contributed by atoms with Crippen LogP contribution in [0.1, 0.15) is 76.4 Å². The first-order chi connectivity index (χ1) is 21.5. The van der Waals surface area contributed by atoms with Crippen molar-refractivity contribution in [2.24, 2.45) is 4.99 Å². The topological polar surface area (TPSA) is 103 Å². The number of rotatable bonds is 5. The fraction of sp³-hybridized carbons (Fsp3) is 0.471. The van der Waals surface area contributed by atoms with Crippen molar-refractivity contribution >= 4 is 78.1 Å². The monoisotopic (exact) mass is 644 g/mol. The molecule has 4 aliphatic heterocycles. The van der Waals surface area contributed by atoms with Crippen LogP contribution in [0.25, 0.3) is 28.8 Å². The third-order valence-electron chi connectivity index (χ3n) is 11.3. The molecule has 11 heteroatoms. The number of quaternary nitrogens is 1. The van der Waals surface area contributed by atoms with E-state index in [9.17, 15) is 9.59 Å². The fourth-order valence-corrected chi connectivity index (χ4v) is 18.2. The summed E-state index contributed by atoms with van der Waals surface area (Å²) in [5.74, 6) is -0.397. The summed E-state index contributed by atoms with van der Waals surface area (Å²) in [7, 11) is -2.55. The van der Waals surface area contributed by atoms with Crippen LogP contribution in [0.15, 0.2) is 22.8 Å². The summed E-state index contributed by atoms with van der Waals surface area (Å²) in [6, 6.07) is 0. The van der Waals surface area contributed by atoms with Crippen LogP contribution in [0.3, 0.4) is 0 Å². The first-order valence-electron chi connectivity index (χ1n) is 16.0. The van der Waals surface area contributed by atoms with Crippen LogP contribution in [-0.4, -0.2) is 54.8 Å². The molecule has 1 saturated heterocycles. The van der Waals surface area contributed by atoms with Crippen LogP contribution in [0.5, 0.6) is 0 Å². The number of ether oxygens (including phenoxy) is 1. The Labute approximate surface area is 266 Å². The van der Waals surface area contributed by atoms with Crippen LogP contribution in [0, 0.1) is 0 Å². The number of carbonyl (C=O) groups excluding carboxylic acids is 3. The molecule has 2 atom stereocenters. The fourth-order valence-electron chi connectivity index (χ4n) is 9.85. The molecule has 8 rings (SSSR count). The van der Waals surface area contributed by atoms with Gasteiger partial charge in [0.1, 0.15) is 11.4 Å². The zero-order valence-electron chi connectivity index (χ0n) is 26.7. The normalized spacial score (nSPS) is 25.2. The zero-order chi connectivity index (χ0) is 31.8. The highest BCUT2D eigenvalue weighted by atomic mass is 32.2. The molecule has 9 nitrogen and oxygen atoms in total. The molecular weight excluding hydrogens is 607 g/mol. The van der Waals surface area contributed by atoms with Crippen LogP contribution >= 0.6 is 11.8 Å². The second-order valence-electron chi connectivity index (χ2n) is 13.9. The lowest BCUT2D eigenvalue weighted by molar-refractivity contribution is -0.112. The molecule has 45 heavy (non-hydrogen) atoms. The summed E-state index contributed by atoms with van der Waals surface area (Å²) in [4.78, 5) is 60.0. The maximum atomic E-state index is 15.2. The number of ketones is 2. The molecule has 2 aromatic rings. The zero-order valence-corrected chi connectivity index (χ0v) is 28.5. The minimum Gasteiger partial charge on any atom is -0.420 e. The second-order valence-corrected chi connectivity index (χ2v) is 20.9. The number of aromatic nitrogens is 1. The maximum absolute atomic E-state index is 15.2. The maximum Gasteiger partial charge on any atom is 0.527 e. The molecule has 0 bridgehead atoms. The Kier molecular flexibility index (Phi) is 6.17. The molecule has 234 valence electrons. The van der Waals surface area contributed by atoms with Crippen molar-refractivity contribution in [1.29, 1.82) is 0 Å². The van der Waals surface area contributed by atoms with Crippen molar-refractivity contribution in [3.8, 4) is 0 Å². The molecule has 2 unspecified atom stereocenters. The number of nitrogens with zero attached hydrogens (tertiary/aromatic N) is 3. The van der Waals surface area contributed by atoms with E-state index in [1.165, 1.54) is 0 Å². The van der Waals surface area contributed by atoms with E-state index in [-0.39, 0.29) is 39.3 Å². The van der Waals surface area contributed by atoms with Gasteiger partial charge in [-0.1, -0.05) is 65.5 Å². The third kappa shape index (κ3) is 3.30. The van der Waals surface area contributed by atoms with Crippen molar-refractivity contribution in [2.75, 3.05) is 12.5 Å². The van der Waals surface area contributed by atoms with Crippen molar-refractivity contribution in [3.63, 3.8) is 0 Å². The Hall–Kier alpha value is -3.09. The summed E-state index contributed by atoms with van der Waals surface area (Å²) in [6.07, 6.45) is 9.53. The van der Waals surface area contributed by atoms with Gasteiger partial charge in [-0.3, -0.25) is 14.6 Å². The van der Waals surface area contributed by atoms with E-state index < -0.39 is 25.5 Å². The van der Waals surface area contributed by atoms with Crippen molar-refractivity contribution in [1.82, 2.24) is 9.05 Å². The average molecular weight is 645 g/mol. The molecule has 0 radical (unpaired) electrons. The number of carbonyl (C=O) groups is 3. The van der Waals surface area contributed by atoms with Crippen LogP contribution in [0.2, 0.25) is 22.2 Å². The van der Waals surface area contributed by atoms with Gasteiger partial charge in [0.05, 0.1) is 48.1 Å². The lowest BCUT2D eigenvalue weighted by atomic mass is 9.90. The van der Waals surface area contributed by atoms with Gasteiger partial charge in [0.2, 0.25) is 0 Å². The SMILES string of the molecule is CCOC(=O)[N+]12CSCn3c4c(c5c6c(c(c1c53)C1=C2C2(CC=C1)OO2)C=NC=6)C(=O)C([Si](C(C)C)(C(C)C)C(C)C)C(=O)C=4. The summed E-state index contributed by atoms with van der Waals surface area (Å²) in [5.41, 5.74) is 5.46. The highest BCUT2D eigenvalue weighted by Gasteiger charge is 2.71. The minimum atomic E-state index is -2.55. The minimum absolute atomic E-state index is 0.0766. The molecule has 1 aromatic carbocycles. The Morgan fingerprint density at radius 3 is 2.51 bits per heavy atom. The predicted octanol–water partition coefficient (Wildman–Crippen LogP) is 5.88. The number of hydrogen-bond acceptors (Lipinski definition) is 8. The van der Waals surface area contributed by atoms with E-state index in [1.54, 1.807) is 17.8 Å². The highest BCUT2D eigenvalue weighted by Crippen LogP contribution is 2.62. The Morgan fingerprint density at radius 2 is 1.87 bits per heavy atom. The summed E-state index contributed by atoms with van der Waals surface area (Å²) >= 11 is 1.57. The first kappa shape index (κ1) is 29.3. The van der Waals surface area contributed by atoms with Gasteiger partial charge >= 0.3 is 11.9 Å². The van der Waals surface area contributed by atoms with Gasteiger partial charge in [-0.2, -0.15) is 14.6 Å². The number of Topliss-reactive ketones (excluding diaryl/α,β-unsaturated/α-hetero) is 2. The molecule has 2 aliphatic carbocycles. The third-order valence-corrected chi connectivity index (χ3v) is 19.8. The van der Waals surface area contributed by atoms with Crippen molar-refractivity contribution in [3.05, 3.63) is 45.1 Å². The Balaban J connectivity index is 1.52. The predicted molar refractivity (Wildman–Crippen MR) is 179 cm³/mol. The Bertz CT molecular complexity index is 1980. The number of thioether (sulfide) groups is 1. The number of hydrogen-bond donors (Lipinski definition) is 0. The standard InChI is InChI=1S/C34H38N3O6SSi/c1-8-41-33(40)37-16-44-15-36-23-12-24(38)31(45(17(2)3,18(4)5)19(6)7)30(39)27(23)26-22-14-35-13-21(22)25(29(37)28(26)36)20-10-9-11-34(32(20)37)42-43-34/h9-10,12-14,17-19,31H,8,11,15-16H2,1-7H3/q+1. The summed E-state index contributed by atoms with van der Waals surface area (Å²) < 4.78 is 7.73. The molecule has 6 aliphatic rings. The average Bonchev–Trinajstić information content (AvgIpc) is 3.33. The van der Waals surface area contributed by atoms with Gasteiger partial charge in [-0.15, -0.1) is 4.48 Å². The number of allylic oxidation sites excluding steroid dienone is 2. The van der Waals surface area contributed by atoms with E-state index in [4.69, 9.17) is 14.5 Å². The summed E-state index contributed by atoms with van der Waals surface area (Å²) in [5, 5.41) is 2.27. The van der Waals surface area contributed by atoms with Gasteiger partial charge < -0.3 is 9.30 Å². The summed E-state index contributed by atoms with van der Waals surface area (Å²) in [6.45, 7) is 15.2. The quantitative estimate of drug-likeness (QED) is 0.132. The molecule has 1 fully saturated rings. The second kappa shape index (κ2) is 9.48. The van der Waals surface area contributed by atoms with Gasteiger partial charge in [0, 0.05) is 41.1 Å². The van der Waals surface area contributed by atoms with Crippen LogP contribution < -0.4 is 15.1 Å². The molecule has 1 aromatic heterocycles. The molecule has 1 amide bonds. The van der Waals surface area contributed by atoms with Gasteiger partial charge in [-0.25, -0.2) is 0 Å². The van der Waals surface area contributed by atoms with Gasteiger partial charge in [0.25, 0.3) is 0 Å². The first-order valence-corrected chi connectivity index (χ1v) is 19.4. The molecule has 0 N–H and O–H groups in total. The van der Waals surface area contributed by atoms with E-state index >= 15 is 4.79 Å². The van der Waals surface area contributed by atoms with Gasteiger partial charge in [0.15, 0.2) is 23.0 Å². The highest BCUT2D eigenvalue weighted by molar-refractivity contribution is 7.98. The number of aliphatic imine (C=N–C) groups is 1. The van der Waals surface area contributed by atoms with Crippen LogP contribution in [0.4, 0.5) is 10.5 Å².